The van der Waals surface area contributed by atoms with E-state index in [0.29, 0.717) is 23.1 Å². The molecule has 5 nitrogen and oxygen atoms in total. The number of carbonyl (C=O) groups excluding carboxylic acids is 2. The van der Waals surface area contributed by atoms with Crippen LogP contribution in [0.15, 0.2) is 28.7 Å². The molecule has 2 atom stereocenters. The predicted octanol–water partition coefficient (Wildman–Crippen LogP) is 1.41. The topological polar surface area (TPSA) is 69.6 Å². The second kappa shape index (κ2) is 7.04. The van der Waals surface area contributed by atoms with Crippen LogP contribution in [0.4, 0.5) is 0 Å². The van der Waals surface area contributed by atoms with Gasteiger partial charge in [-0.3, -0.25) is 9.59 Å². The van der Waals surface area contributed by atoms with Crippen LogP contribution in [-0.2, 0) is 4.79 Å². The first-order valence-corrected chi connectivity index (χ1v) is 7.77. The summed E-state index contributed by atoms with van der Waals surface area (Å²) in [6, 6.07) is 7.08. The lowest BCUT2D eigenvalue weighted by atomic mass is 10.0. The largest absolute Gasteiger partial charge is 0.393 e. The summed E-state index contributed by atoms with van der Waals surface area (Å²) in [7, 11) is 0. The SMILES string of the molecule is CC(O)C1CCN(C(=O)CNC(=O)c2ccccc2Br)C1. The highest BCUT2D eigenvalue weighted by Gasteiger charge is 2.29. The van der Waals surface area contributed by atoms with Gasteiger partial charge < -0.3 is 15.3 Å². The summed E-state index contributed by atoms with van der Waals surface area (Å²) in [5.41, 5.74) is 0.508. The Hall–Kier alpha value is -1.40. The number of aliphatic hydroxyl groups excluding tert-OH is 1. The molecule has 0 bridgehead atoms. The van der Waals surface area contributed by atoms with Gasteiger partial charge in [-0.1, -0.05) is 12.1 Å². The Kier molecular flexibility index (Phi) is 5.36. The van der Waals surface area contributed by atoms with Crippen molar-refractivity contribution in [2.75, 3.05) is 19.6 Å². The van der Waals surface area contributed by atoms with Crippen LogP contribution in [-0.4, -0.2) is 47.6 Å². The predicted molar refractivity (Wildman–Crippen MR) is 82.8 cm³/mol. The number of rotatable bonds is 4. The number of hydrogen-bond donors (Lipinski definition) is 2. The molecular formula is C15H19BrN2O3. The van der Waals surface area contributed by atoms with E-state index < -0.39 is 6.10 Å². The molecule has 1 fully saturated rings. The van der Waals surface area contributed by atoms with Crippen molar-refractivity contribution in [1.29, 1.82) is 0 Å². The summed E-state index contributed by atoms with van der Waals surface area (Å²) in [6.45, 7) is 2.92. The number of nitrogens with one attached hydrogen (secondary N) is 1. The Bertz CT molecular complexity index is 533. The Morgan fingerprint density at radius 1 is 1.48 bits per heavy atom. The molecular weight excluding hydrogens is 336 g/mol. The fourth-order valence-corrected chi connectivity index (χ4v) is 2.88. The van der Waals surface area contributed by atoms with Crippen LogP contribution in [0.3, 0.4) is 0 Å². The van der Waals surface area contributed by atoms with Crippen molar-refractivity contribution >= 4 is 27.7 Å². The summed E-state index contributed by atoms with van der Waals surface area (Å²) < 4.78 is 0.699. The Balaban J connectivity index is 1.85. The first kappa shape index (κ1) is 16.0. The molecule has 0 aliphatic carbocycles. The second-order valence-corrected chi connectivity index (χ2v) is 6.15. The van der Waals surface area contributed by atoms with Gasteiger partial charge in [0.25, 0.3) is 5.91 Å². The smallest absolute Gasteiger partial charge is 0.252 e. The maximum absolute atomic E-state index is 12.1. The summed E-state index contributed by atoms with van der Waals surface area (Å²) >= 11 is 3.31. The molecule has 114 valence electrons. The van der Waals surface area contributed by atoms with Crippen LogP contribution in [0.1, 0.15) is 23.7 Å². The van der Waals surface area contributed by atoms with Gasteiger partial charge in [-0.25, -0.2) is 0 Å². The maximum Gasteiger partial charge on any atom is 0.252 e. The number of halogens is 1. The van der Waals surface area contributed by atoms with Crippen molar-refractivity contribution in [1.82, 2.24) is 10.2 Å². The van der Waals surface area contributed by atoms with E-state index in [4.69, 9.17) is 0 Å². The van der Waals surface area contributed by atoms with Crippen molar-refractivity contribution < 1.29 is 14.7 Å². The summed E-state index contributed by atoms with van der Waals surface area (Å²) in [6.07, 6.45) is 0.402. The lowest BCUT2D eigenvalue weighted by molar-refractivity contribution is -0.129. The average Bonchev–Trinajstić information content (AvgIpc) is 2.95. The van der Waals surface area contributed by atoms with Gasteiger partial charge in [0.05, 0.1) is 18.2 Å². The summed E-state index contributed by atoms with van der Waals surface area (Å²) in [5, 5.41) is 12.2. The maximum atomic E-state index is 12.1. The van der Waals surface area contributed by atoms with Crippen LogP contribution < -0.4 is 5.32 Å². The molecule has 2 amide bonds. The van der Waals surface area contributed by atoms with Crippen molar-refractivity contribution in [2.45, 2.75) is 19.4 Å². The van der Waals surface area contributed by atoms with E-state index in [-0.39, 0.29) is 24.3 Å². The van der Waals surface area contributed by atoms with Gasteiger partial charge in [-0.2, -0.15) is 0 Å². The lowest BCUT2D eigenvalue weighted by Crippen LogP contribution is -2.39. The van der Waals surface area contributed by atoms with Crippen LogP contribution in [0.2, 0.25) is 0 Å². The first-order valence-electron chi connectivity index (χ1n) is 6.97. The van der Waals surface area contributed by atoms with Crippen molar-refractivity contribution in [3.8, 4) is 0 Å². The molecule has 1 saturated heterocycles. The van der Waals surface area contributed by atoms with E-state index in [1.54, 1.807) is 30.0 Å². The Morgan fingerprint density at radius 2 is 2.19 bits per heavy atom. The molecule has 0 saturated carbocycles. The average molecular weight is 355 g/mol. The number of nitrogens with zero attached hydrogens (tertiary/aromatic N) is 1. The monoisotopic (exact) mass is 354 g/mol. The van der Waals surface area contributed by atoms with E-state index in [0.717, 1.165) is 6.42 Å². The number of hydrogen-bond acceptors (Lipinski definition) is 3. The minimum absolute atomic E-state index is 0.0211. The fourth-order valence-electron chi connectivity index (χ4n) is 2.42. The molecule has 1 heterocycles. The van der Waals surface area contributed by atoms with E-state index in [1.165, 1.54) is 0 Å². The lowest BCUT2D eigenvalue weighted by Gasteiger charge is -2.18. The third-order valence-corrected chi connectivity index (χ3v) is 4.47. The number of likely N-dealkylation sites (tertiary alicyclic amines) is 1. The van der Waals surface area contributed by atoms with Gasteiger partial charge in [0.15, 0.2) is 0 Å². The standard InChI is InChI=1S/C15H19BrN2O3/c1-10(19)11-6-7-18(9-11)14(20)8-17-15(21)12-4-2-3-5-13(12)16/h2-5,10-11,19H,6-9H2,1H3,(H,17,21). The van der Waals surface area contributed by atoms with E-state index >= 15 is 0 Å². The molecule has 2 rings (SSSR count). The van der Waals surface area contributed by atoms with Gasteiger partial charge >= 0.3 is 0 Å². The van der Waals surface area contributed by atoms with E-state index in [2.05, 4.69) is 21.2 Å². The molecule has 0 spiro atoms. The highest BCUT2D eigenvalue weighted by molar-refractivity contribution is 9.10. The molecule has 1 aliphatic rings. The Labute approximate surface area is 132 Å². The number of aliphatic hydroxyl groups is 1. The van der Waals surface area contributed by atoms with Crippen LogP contribution >= 0.6 is 15.9 Å². The van der Waals surface area contributed by atoms with Gasteiger partial charge in [0, 0.05) is 23.5 Å². The summed E-state index contributed by atoms with van der Waals surface area (Å²) in [5.74, 6) is -0.256. The molecule has 2 N–H and O–H groups in total. The highest BCUT2D eigenvalue weighted by Crippen LogP contribution is 2.19. The van der Waals surface area contributed by atoms with Gasteiger partial charge in [0.2, 0.25) is 5.91 Å². The zero-order valence-corrected chi connectivity index (χ0v) is 13.5. The van der Waals surface area contributed by atoms with Crippen LogP contribution in [0.25, 0.3) is 0 Å². The molecule has 2 unspecified atom stereocenters. The van der Waals surface area contributed by atoms with Gasteiger partial charge in [-0.15, -0.1) is 0 Å². The van der Waals surface area contributed by atoms with Gasteiger partial charge in [-0.05, 0) is 41.4 Å². The first-order chi connectivity index (χ1) is 9.99. The molecule has 6 heteroatoms. The third kappa shape index (κ3) is 4.04. The van der Waals surface area contributed by atoms with E-state index in [1.807, 2.05) is 6.07 Å². The van der Waals surface area contributed by atoms with Gasteiger partial charge in [0.1, 0.15) is 0 Å². The van der Waals surface area contributed by atoms with Crippen LogP contribution in [0, 0.1) is 5.92 Å². The van der Waals surface area contributed by atoms with E-state index in [9.17, 15) is 14.7 Å². The van der Waals surface area contributed by atoms with Crippen molar-refractivity contribution in [3.05, 3.63) is 34.3 Å². The quantitative estimate of drug-likeness (QED) is 0.858. The molecule has 1 aliphatic heterocycles. The van der Waals surface area contributed by atoms with Crippen LogP contribution in [0.5, 0.6) is 0 Å². The Morgan fingerprint density at radius 3 is 2.81 bits per heavy atom. The summed E-state index contributed by atoms with van der Waals surface area (Å²) in [4.78, 5) is 25.7. The minimum Gasteiger partial charge on any atom is -0.393 e. The third-order valence-electron chi connectivity index (χ3n) is 3.78. The zero-order chi connectivity index (χ0) is 15.4. The molecule has 1 aromatic carbocycles. The zero-order valence-electron chi connectivity index (χ0n) is 11.9. The number of benzene rings is 1. The molecule has 1 aromatic rings. The molecule has 0 aromatic heterocycles. The minimum atomic E-state index is -0.405. The normalized spacial score (nSPS) is 19.4. The highest BCUT2D eigenvalue weighted by atomic mass is 79.9. The fraction of sp³-hybridized carbons (Fsp3) is 0.467. The molecule has 21 heavy (non-hydrogen) atoms. The van der Waals surface area contributed by atoms with Crippen molar-refractivity contribution in [3.63, 3.8) is 0 Å². The molecule has 0 radical (unpaired) electrons. The number of carbonyl (C=O) groups is 2. The number of amides is 2. The van der Waals surface area contributed by atoms with Crippen molar-refractivity contribution in [2.24, 2.45) is 5.92 Å². The second-order valence-electron chi connectivity index (χ2n) is 5.29.